The van der Waals surface area contributed by atoms with Crippen LogP contribution in [0.2, 0.25) is 0 Å². The van der Waals surface area contributed by atoms with Gasteiger partial charge >= 0.3 is 0 Å². The van der Waals surface area contributed by atoms with Crippen LogP contribution in [0.3, 0.4) is 0 Å². The number of carbonyl (C=O) groups is 1. The molecule has 0 spiro atoms. The van der Waals surface area contributed by atoms with Crippen molar-refractivity contribution in [1.82, 2.24) is 9.78 Å². The Hall–Kier alpha value is -0.430. The van der Waals surface area contributed by atoms with Crippen LogP contribution in [-0.2, 0) is 16.1 Å². The average Bonchev–Trinajstić information content (AvgIpc) is 2.51. The molecule has 96 valence electrons. The van der Waals surface area contributed by atoms with Gasteiger partial charge in [0, 0.05) is 24.8 Å². The highest BCUT2D eigenvalue weighted by Crippen LogP contribution is 2.24. The second-order valence-corrected chi connectivity index (χ2v) is 5.41. The van der Waals surface area contributed by atoms with Gasteiger partial charge in [-0.15, -0.1) is 0 Å². The van der Waals surface area contributed by atoms with Crippen LogP contribution in [0.1, 0.15) is 37.4 Å². The quantitative estimate of drug-likeness (QED) is 0.741. The Morgan fingerprint density at radius 1 is 1.53 bits per heavy atom. The van der Waals surface area contributed by atoms with Crippen molar-refractivity contribution in [2.45, 2.75) is 39.7 Å². The summed E-state index contributed by atoms with van der Waals surface area (Å²) in [4.78, 5) is 11.7. The Balaban J connectivity index is 2.79. The number of ketones is 1. The topological polar surface area (TPSA) is 44.1 Å². The van der Waals surface area contributed by atoms with Crippen molar-refractivity contribution < 1.29 is 9.53 Å². The van der Waals surface area contributed by atoms with E-state index in [0.29, 0.717) is 25.5 Å². The van der Waals surface area contributed by atoms with E-state index in [9.17, 15) is 4.79 Å². The Labute approximate surface area is 116 Å². The van der Waals surface area contributed by atoms with Crippen molar-refractivity contribution in [2.24, 2.45) is 0 Å². The third kappa shape index (κ3) is 3.77. The zero-order valence-electron chi connectivity index (χ0n) is 10.8. The number of aromatic nitrogens is 2. The smallest absolute Gasteiger partial charge is 0.156 e. The summed E-state index contributed by atoms with van der Waals surface area (Å²) in [5.41, 5.74) is 2.33. The molecule has 0 aliphatic carbocycles. The molecule has 0 saturated heterocycles. The number of hydrogen-bond acceptors (Lipinski definition) is 3. The van der Waals surface area contributed by atoms with Gasteiger partial charge in [-0.2, -0.15) is 5.10 Å². The van der Waals surface area contributed by atoms with Crippen LogP contribution in [0, 0.1) is 10.6 Å². The van der Waals surface area contributed by atoms with Crippen LogP contribution in [0.25, 0.3) is 0 Å². The van der Waals surface area contributed by atoms with E-state index in [1.807, 2.05) is 6.92 Å². The van der Waals surface area contributed by atoms with Gasteiger partial charge in [0.25, 0.3) is 0 Å². The van der Waals surface area contributed by atoms with Crippen molar-refractivity contribution >= 4 is 28.4 Å². The molecular weight excluding hydrogens is 331 g/mol. The number of halogens is 1. The van der Waals surface area contributed by atoms with Gasteiger partial charge in [0.05, 0.1) is 13.2 Å². The minimum absolute atomic E-state index is 0.157. The van der Waals surface area contributed by atoms with Gasteiger partial charge in [-0.25, -0.2) is 0 Å². The fourth-order valence-electron chi connectivity index (χ4n) is 1.80. The molecule has 1 heterocycles. The molecule has 1 rings (SSSR count). The first-order valence-corrected chi connectivity index (χ1v) is 6.78. The molecule has 5 heteroatoms. The maximum absolute atomic E-state index is 11.7. The molecule has 0 radical (unpaired) electrons. The molecule has 0 bridgehead atoms. The number of carbonyl (C=O) groups excluding carboxylic acids is 1. The van der Waals surface area contributed by atoms with E-state index in [4.69, 9.17) is 4.74 Å². The lowest BCUT2D eigenvalue weighted by atomic mass is 10.1. The predicted octanol–water partition coefficient (Wildman–Crippen LogP) is 2.53. The van der Waals surface area contributed by atoms with Crippen LogP contribution in [0.5, 0.6) is 0 Å². The number of nitrogens with zero attached hydrogens (tertiary/aromatic N) is 2. The predicted molar refractivity (Wildman–Crippen MR) is 75.3 cm³/mol. The lowest BCUT2D eigenvalue weighted by molar-refractivity contribution is -0.120. The van der Waals surface area contributed by atoms with Crippen LogP contribution >= 0.6 is 22.6 Å². The third-order valence-electron chi connectivity index (χ3n) is 2.70. The van der Waals surface area contributed by atoms with Crippen LogP contribution < -0.4 is 0 Å². The minimum atomic E-state index is 0.157. The summed E-state index contributed by atoms with van der Waals surface area (Å²) in [6, 6.07) is 0. The van der Waals surface area contributed by atoms with Gasteiger partial charge in [0.15, 0.2) is 5.78 Å². The van der Waals surface area contributed by atoms with E-state index in [0.717, 1.165) is 9.39 Å². The Morgan fingerprint density at radius 2 is 2.18 bits per heavy atom. The SMILES string of the molecule is COCCC(=O)Cn1nc(I)c(C(C)C)c1C. The van der Waals surface area contributed by atoms with Gasteiger partial charge in [0.2, 0.25) is 0 Å². The van der Waals surface area contributed by atoms with Crippen LogP contribution in [0.15, 0.2) is 0 Å². The molecule has 0 atom stereocenters. The van der Waals surface area contributed by atoms with Crippen molar-refractivity contribution in [2.75, 3.05) is 13.7 Å². The highest BCUT2D eigenvalue weighted by Gasteiger charge is 2.16. The normalized spacial score (nSPS) is 11.2. The summed E-state index contributed by atoms with van der Waals surface area (Å²) >= 11 is 2.23. The van der Waals surface area contributed by atoms with E-state index < -0.39 is 0 Å². The molecule has 1 aromatic heterocycles. The largest absolute Gasteiger partial charge is 0.384 e. The molecule has 17 heavy (non-hydrogen) atoms. The Kier molecular flexibility index (Phi) is 5.58. The standard InChI is InChI=1S/C12H19IN2O2/c1-8(2)11-9(3)15(14-12(11)13)7-10(16)5-6-17-4/h8H,5-7H2,1-4H3. The molecule has 0 fully saturated rings. The summed E-state index contributed by atoms with van der Waals surface area (Å²) < 4.78 is 7.69. The molecule has 0 N–H and O–H groups in total. The molecule has 4 nitrogen and oxygen atoms in total. The fourth-order valence-corrected chi connectivity index (χ4v) is 3.07. The summed E-state index contributed by atoms with van der Waals surface area (Å²) in [5, 5.41) is 4.42. The van der Waals surface area contributed by atoms with E-state index in [1.54, 1.807) is 11.8 Å². The van der Waals surface area contributed by atoms with Gasteiger partial charge in [-0.3, -0.25) is 9.48 Å². The van der Waals surface area contributed by atoms with Crippen LogP contribution in [-0.4, -0.2) is 29.3 Å². The molecular formula is C12H19IN2O2. The summed E-state index contributed by atoms with van der Waals surface area (Å²) in [7, 11) is 1.60. The first-order chi connectivity index (χ1) is 7.97. The van der Waals surface area contributed by atoms with E-state index >= 15 is 0 Å². The van der Waals surface area contributed by atoms with Crippen molar-refractivity contribution in [3.63, 3.8) is 0 Å². The minimum Gasteiger partial charge on any atom is -0.384 e. The number of Topliss-reactive ketones (excluding diaryl/α,β-unsaturated/α-hetero) is 1. The lowest BCUT2D eigenvalue weighted by Crippen LogP contribution is -2.14. The zero-order valence-corrected chi connectivity index (χ0v) is 12.9. The first-order valence-electron chi connectivity index (χ1n) is 5.70. The number of hydrogen-bond donors (Lipinski definition) is 0. The molecule has 1 aromatic rings. The average molecular weight is 350 g/mol. The zero-order chi connectivity index (χ0) is 13.0. The summed E-state index contributed by atoms with van der Waals surface area (Å²) in [5.74, 6) is 0.592. The second kappa shape index (κ2) is 6.49. The Bertz CT molecular complexity index is 399. The molecule has 0 unspecified atom stereocenters. The fraction of sp³-hybridized carbons (Fsp3) is 0.667. The highest BCUT2D eigenvalue weighted by molar-refractivity contribution is 14.1. The Morgan fingerprint density at radius 3 is 2.65 bits per heavy atom. The van der Waals surface area contributed by atoms with Gasteiger partial charge in [0.1, 0.15) is 3.70 Å². The highest BCUT2D eigenvalue weighted by atomic mass is 127. The summed E-state index contributed by atoms with van der Waals surface area (Å²) in [6.07, 6.45) is 0.448. The maximum Gasteiger partial charge on any atom is 0.156 e. The van der Waals surface area contributed by atoms with E-state index in [2.05, 4.69) is 41.5 Å². The lowest BCUT2D eigenvalue weighted by Gasteiger charge is -2.06. The molecule has 0 aliphatic heterocycles. The van der Waals surface area contributed by atoms with E-state index in [-0.39, 0.29) is 5.78 Å². The van der Waals surface area contributed by atoms with Crippen molar-refractivity contribution in [3.8, 4) is 0 Å². The molecule has 0 aliphatic rings. The van der Waals surface area contributed by atoms with Gasteiger partial charge in [-0.05, 0) is 35.4 Å². The number of methoxy groups -OCH3 is 1. The van der Waals surface area contributed by atoms with Crippen molar-refractivity contribution in [3.05, 3.63) is 15.0 Å². The van der Waals surface area contributed by atoms with Crippen LogP contribution in [0.4, 0.5) is 0 Å². The van der Waals surface area contributed by atoms with Gasteiger partial charge < -0.3 is 4.74 Å². The monoisotopic (exact) mass is 350 g/mol. The van der Waals surface area contributed by atoms with Gasteiger partial charge in [-0.1, -0.05) is 13.8 Å². The van der Waals surface area contributed by atoms with Crippen molar-refractivity contribution in [1.29, 1.82) is 0 Å². The second-order valence-electron chi connectivity index (χ2n) is 4.38. The number of rotatable bonds is 6. The number of ether oxygens (including phenoxy) is 1. The molecule has 0 amide bonds. The first kappa shape index (κ1) is 14.6. The summed E-state index contributed by atoms with van der Waals surface area (Å²) in [6.45, 7) is 7.13. The third-order valence-corrected chi connectivity index (χ3v) is 3.49. The maximum atomic E-state index is 11.7. The molecule has 0 saturated carbocycles. The van der Waals surface area contributed by atoms with E-state index in [1.165, 1.54) is 5.56 Å². The molecule has 0 aromatic carbocycles.